The molecule has 0 saturated carbocycles. The summed E-state index contributed by atoms with van der Waals surface area (Å²) in [4.78, 5) is 10.9. The molecule has 130 valence electrons. The van der Waals surface area contributed by atoms with Gasteiger partial charge in [-0.2, -0.15) is 0 Å². The summed E-state index contributed by atoms with van der Waals surface area (Å²) in [6.07, 6.45) is -0.193. The lowest BCUT2D eigenvalue weighted by Gasteiger charge is -2.17. The van der Waals surface area contributed by atoms with Crippen molar-refractivity contribution in [2.75, 3.05) is 20.3 Å². The van der Waals surface area contributed by atoms with Crippen LogP contribution in [0.5, 0.6) is 11.5 Å². The normalized spacial score (nSPS) is 13.7. The van der Waals surface area contributed by atoms with Crippen LogP contribution in [0.1, 0.15) is 26.3 Å². The maximum absolute atomic E-state index is 10.9. The Morgan fingerprint density at radius 2 is 1.96 bits per heavy atom. The van der Waals surface area contributed by atoms with E-state index in [1.54, 1.807) is 19.1 Å². The van der Waals surface area contributed by atoms with Crippen LogP contribution in [0.25, 0.3) is 0 Å². The molecule has 6 nitrogen and oxygen atoms in total. The van der Waals surface area contributed by atoms with Crippen molar-refractivity contribution in [2.24, 2.45) is 5.92 Å². The van der Waals surface area contributed by atoms with E-state index in [9.17, 15) is 9.90 Å². The van der Waals surface area contributed by atoms with Gasteiger partial charge >= 0.3 is 5.97 Å². The molecule has 3 N–H and O–H groups in total. The van der Waals surface area contributed by atoms with E-state index >= 15 is 0 Å². The van der Waals surface area contributed by atoms with E-state index in [0.717, 1.165) is 5.56 Å². The molecule has 0 radical (unpaired) electrons. The minimum absolute atomic E-state index is 0.154. The highest BCUT2D eigenvalue weighted by atomic mass is 16.5. The minimum atomic E-state index is -0.829. The van der Waals surface area contributed by atoms with Crippen molar-refractivity contribution in [2.45, 2.75) is 39.3 Å². The fourth-order valence-electron chi connectivity index (χ4n) is 2.02. The molecule has 0 aliphatic heterocycles. The highest BCUT2D eigenvalue weighted by Gasteiger charge is 2.14. The minimum Gasteiger partial charge on any atom is -0.493 e. The third-order valence-electron chi connectivity index (χ3n) is 3.38. The van der Waals surface area contributed by atoms with Crippen LogP contribution < -0.4 is 14.8 Å². The van der Waals surface area contributed by atoms with Crippen molar-refractivity contribution in [3.05, 3.63) is 23.8 Å². The Kier molecular flexibility index (Phi) is 7.85. The molecule has 6 heteroatoms. The molecule has 0 heterocycles. The molecular weight excluding hydrogens is 298 g/mol. The number of carboxylic acid groups (broad SMARTS) is 1. The lowest BCUT2D eigenvalue weighted by molar-refractivity contribution is -0.141. The Labute approximate surface area is 137 Å². The van der Waals surface area contributed by atoms with Crippen LogP contribution in [0.3, 0.4) is 0 Å². The first kappa shape index (κ1) is 19.3. The first-order valence-electron chi connectivity index (χ1n) is 7.77. The van der Waals surface area contributed by atoms with Crippen LogP contribution in [0, 0.1) is 5.92 Å². The maximum Gasteiger partial charge on any atom is 0.306 e. The van der Waals surface area contributed by atoms with E-state index in [4.69, 9.17) is 14.6 Å². The molecule has 0 aliphatic carbocycles. The van der Waals surface area contributed by atoms with Gasteiger partial charge in [-0.3, -0.25) is 4.79 Å². The lowest BCUT2D eigenvalue weighted by atomic mass is 10.0. The first-order chi connectivity index (χ1) is 10.8. The topological polar surface area (TPSA) is 88.0 Å². The van der Waals surface area contributed by atoms with E-state index in [2.05, 4.69) is 5.32 Å². The highest BCUT2D eigenvalue weighted by Crippen LogP contribution is 2.29. The zero-order valence-corrected chi connectivity index (χ0v) is 14.2. The Hall–Kier alpha value is -1.79. The number of hydrogen-bond acceptors (Lipinski definition) is 5. The summed E-state index contributed by atoms with van der Waals surface area (Å²) in [6, 6.07) is 5.63. The number of carboxylic acids is 1. The molecular formula is C17H27NO5. The van der Waals surface area contributed by atoms with Crippen molar-refractivity contribution in [3.63, 3.8) is 0 Å². The van der Waals surface area contributed by atoms with Crippen molar-refractivity contribution in [1.82, 2.24) is 5.32 Å². The molecule has 2 atom stereocenters. The molecule has 23 heavy (non-hydrogen) atoms. The van der Waals surface area contributed by atoms with E-state index in [-0.39, 0.29) is 6.61 Å². The van der Waals surface area contributed by atoms with Crippen molar-refractivity contribution in [1.29, 1.82) is 0 Å². The Balaban J connectivity index is 2.64. The highest BCUT2D eigenvalue weighted by molar-refractivity contribution is 5.70. The fourth-order valence-corrected chi connectivity index (χ4v) is 2.02. The van der Waals surface area contributed by atoms with Crippen molar-refractivity contribution >= 4 is 5.97 Å². The van der Waals surface area contributed by atoms with Gasteiger partial charge < -0.3 is 25.0 Å². The molecule has 0 spiro atoms. The number of carbonyl (C=O) groups is 1. The predicted molar refractivity (Wildman–Crippen MR) is 88.1 cm³/mol. The average molecular weight is 325 g/mol. The predicted octanol–water partition coefficient (Wildman–Crippen LogP) is 1.70. The van der Waals surface area contributed by atoms with Gasteiger partial charge in [0.05, 0.1) is 13.0 Å². The largest absolute Gasteiger partial charge is 0.493 e. The monoisotopic (exact) mass is 325 g/mol. The van der Waals surface area contributed by atoms with E-state index in [1.807, 2.05) is 19.9 Å². The summed E-state index contributed by atoms with van der Waals surface area (Å²) < 4.78 is 10.9. The van der Waals surface area contributed by atoms with Crippen LogP contribution >= 0.6 is 0 Å². The van der Waals surface area contributed by atoms with Gasteiger partial charge in [-0.15, -0.1) is 0 Å². The Morgan fingerprint density at radius 3 is 2.52 bits per heavy atom. The van der Waals surface area contributed by atoms with E-state index in [1.165, 1.54) is 7.11 Å². The van der Waals surface area contributed by atoms with Crippen LogP contribution in [-0.4, -0.2) is 48.6 Å². The van der Waals surface area contributed by atoms with Gasteiger partial charge in [0.25, 0.3) is 0 Å². The molecule has 0 aromatic heterocycles. The van der Waals surface area contributed by atoms with Gasteiger partial charge in [0.2, 0.25) is 0 Å². The Bertz CT molecular complexity index is 504. The number of rotatable bonds is 10. The number of ether oxygens (including phenoxy) is 2. The summed E-state index contributed by atoms with van der Waals surface area (Å²) in [7, 11) is 1.53. The fraction of sp³-hybridized carbons (Fsp3) is 0.588. The summed E-state index contributed by atoms with van der Waals surface area (Å²) in [6.45, 7) is 6.29. The van der Waals surface area contributed by atoms with Gasteiger partial charge in [0, 0.05) is 12.6 Å². The molecule has 0 fully saturated rings. The molecule has 0 aliphatic rings. The number of methoxy groups -OCH3 is 1. The van der Waals surface area contributed by atoms with Crippen LogP contribution in [0.4, 0.5) is 0 Å². The number of aliphatic hydroxyl groups excluding tert-OH is 1. The molecule has 0 bridgehead atoms. The standard InChI is InChI=1S/C17H27NO5/c1-11(2)18-9-14(19)10-23-15-6-5-13(8-16(15)22-4)7-12(3)17(20)21/h5-6,8,11-12,14,18-19H,7,9-10H2,1-4H3,(H,20,21). The van der Waals surface area contributed by atoms with Crippen LogP contribution in [0.2, 0.25) is 0 Å². The SMILES string of the molecule is COc1cc(CC(C)C(=O)O)ccc1OCC(O)CNC(C)C. The number of nitrogens with one attached hydrogen (secondary N) is 1. The summed E-state index contributed by atoms with van der Waals surface area (Å²) in [5.41, 5.74) is 0.867. The smallest absolute Gasteiger partial charge is 0.306 e. The van der Waals surface area contributed by atoms with Crippen LogP contribution in [0.15, 0.2) is 18.2 Å². The number of aliphatic carboxylic acids is 1. The van der Waals surface area contributed by atoms with Gasteiger partial charge in [-0.05, 0) is 24.1 Å². The summed E-state index contributed by atoms with van der Waals surface area (Å²) in [5.74, 6) is -0.229. The van der Waals surface area contributed by atoms with Gasteiger partial charge in [-0.25, -0.2) is 0 Å². The average Bonchev–Trinajstić information content (AvgIpc) is 2.51. The molecule has 0 saturated heterocycles. The van der Waals surface area contributed by atoms with E-state index < -0.39 is 18.0 Å². The van der Waals surface area contributed by atoms with Crippen LogP contribution in [-0.2, 0) is 11.2 Å². The van der Waals surface area contributed by atoms with Gasteiger partial charge in [-0.1, -0.05) is 26.8 Å². The maximum atomic E-state index is 10.9. The second kappa shape index (κ2) is 9.37. The number of hydrogen-bond donors (Lipinski definition) is 3. The third-order valence-corrected chi connectivity index (χ3v) is 3.38. The summed E-state index contributed by atoms with van der Waals surface area (Å²) >= 11 is 0. The zero-order valence-electron chi connectivity index (χ0n) is 14.2. The second-order valence-electron chi connectivity index (χ2n) is 5.96. The van der Waals surface area contributed by atoms with Crippen molar-refractivity contribution in [3.8, 4) is 11.5 Å². The molecule has 1 aromatic carbocycles. The molecule has 0 amide bonds. The van der Waals surface area contributed by atoms with Gasteiger partial charge in [0.1, 0.15) is 12.7 Å². The first-order valence-corrected chi connectivity index (χ1v) is 7.77. The second-order valence-corrected chi connectivity index (χ2v) is 5.96. The summed E-state index contributed by atoms with van der Waals surface area (Å²) in [5, 5.41) is 22.0. The quantitative estimate of drug-likeness (QED) is 0.607. The van der Waals surface area contributed by atoms with Gasteiger partial charge in [0.15, 0.2) is 11.5 Å². The molecule has 2 unspecified atom stereocenters. The Morgan fingerprint density at radius 1 is 1.26 bits per heavy atom. The van der Waals surface area contributed by atoms with Crippen molar-refractivity contribution < 1.29 is 24.5 Å². The third kappa shape index (κ3) is 6.88. The number of aliphatic hydroxyl groups is 1. The number of benzene rings is 1. The molecule has 1 rings (SSSR count). The zero-order chi connectivity index (χ0) is 17.4. The van der Waals surface area contributed by atoms with E-state index in [0.29, 0.717) is 30.5 Å². The lowest BCUT2D eigenvalue weighted by Crippen LogP contribution is -2.35. The molecule has 1 aromatic rings.